The van der Waals surface area contributed by atoms with Crippen LogP contribution in [0.3, 0.4) is 0 Å². The van der Waals surface area contributed by atoms with E-state index < -0.39 is 5.60 Å². The van der Waals surface area contributed by atoms with Gasteiger partial charge in [0.1, 0.15) is 0 Å². The molecular weight excluding hydrogens is 240 g/mol. The number of aliphatic hydroxyl groups is 1. The van der Waals surface area contributed by atoms with Crippen molar-refractivity contribution in [2.24, 2.45) is 0 Å². The maximum Gasteiger partial charge on any atom is 0.0896 e. The smallest absolute Gasteiger partial charge is 0.0896 e. The highest BCUT2D eigenvalue weighted by atomic mass is 32.2. The van der Waals surface area contributed by atoms with Gasteiger partial charge in [-0.2, -0.15) is 0 Å². The maximum absolute atomic E-state index is 10.9. The fourth-order valence-electron chi connectivity index (χ4n) is 2.41. The number of hydrogen-bond donors (Lipinski definition) is 1. The normalized spacial score (nSPS) is 14.4. The molecule has 0 aliphatic carbocycles. The standard InChI is InChI=1S/C16H26OS/c1-4-6-7-12-16(17,11-5-2)14-9-8-10-15(13-14)18-3/h8-10,13,17H,4-7,11-12H2,1-3H3. The molecule has 1 atom stereocenters. The molecule has 0 heterocycles. The lowest BCUT2D eigenvalue weighted by molar-refractivity contribution is 0.0150. The van der Waals surface area contributed by atoms with E-state index in [9.17, 15) is 5.11 Å². The summed E-state index contributed by atoms with van der Waals surface area (Å²) >= 11 is 1.73. The van der Waals surface area contributed by atoms with Crippen LogP contribution in [0.15, 0.2) is 29.2 Å². The zero-order chi connectivity index (χ0) is 13.4. The Morgan fingerprint density at radius 3 is 2.50 bits per heavy atom. The predicted octanol–water partition coefficient (Wildman–Crippen LogP) is 4.98. The first kappa shape index (κ1) is 15.6. The molecule has 0 saturated heterocycles. The molecule has 0 spiro atoms. The molecule has 1 N–H and O–H groups in total. The van der Waals surface area contributed by atoms with Crippen LogP contribution in [0.1, 0.15) is 57.9 Å². The molecule has 1 unspecified atom stereocenters. The van der Waals surface area contributed by atoms with E-state index >= 15 is 0 Å². The largest absolute Gasteiger partial charge is 0.385 e. The Kier molecular flexibility index (Phi) is 6.80. The monoisotopic (exact) mass is 266 g/mol. The number of rotatable bonds is 8. The summed E-state index contributed by atoms with van der Waals surface area (Å²) in [5.41, 5.74) is 0.461. The van der Waals surface area contributed by atoms with Gasteiger partial charge in [-0.1, -0.05) is 51.7 Å². The van der Waals surface area contributed by atoms with Crippen LogP contribution >= 0.6 is 11.8 Å². The molecule has 1 nitrogen and oxygen atoms in total. The molecule has 102 valence electrons. The van der Waals surface area contributed by atoms with Crippen molar-refractivity contribution in [1.82, 2.24) is 0 Å². The Labute approximate surface area is 116 Å². The van der Waals surface area contributed by atoms with Gasteiger partial charge in [-0.15, -0.1) is 11.8 Å². The van der Waals surface area contributed by atoms with E-state index in [4.69, 9.17) is 0 Å². The van der Waals surface area contributed by atoms with E-state index in [-0.39, 0.29) is 0 Å². The van der Waals surface area contributed by atoms with Gasteiger partial charge in [-0.05, 0) is 36.8 Å². The zero-order valence-electron chi connectivity index (χ0n) is 11.9. The number of hydrogen-bond acceptors (Lipinski definition) is 2. The molecule has 0 bridgehead atoms. The minimum Gasteiger partial charge on any atom is -0.385 e. The van der Waals surface area contributed by atoms with Gasteiger partial charge in [0.05, 0.1) is 5.60 Å². The van der Waals surface area contributed by atoms with Crippen molar-refractivity contribution < 1.29 is 5.11 Å². The summed E-state index contributed by atoms with van der Waals surface area (Å²) in [6, 6.07) is 8.38. The van der Waals surface area contributed by atoms with E-state index in [1.165, 1.54) is 17.7 Å². The first-order chi connectivity index (χ1) is 8.66. The van der Waals surface area contributed by atoms with E-state index in [0.717, 1.165) is 31.2 Å². The molecule has 18 heavy (non-hydrogen) atoms. The summed E-state index contributed by atoms with van der Waals surface area (Å²) < 4.78 is 0. The molecule has 1 aromatic rings. The van der Waals surface area contributed by atoms with Gasteiger partial charge in [0.25, 0.3) is 0 Å². The Hall–Kier alpha value is -0.470. The highest BCUT2D eigenvalue weighted by Crippen LogP contribution is 2.33. The summed E-state index contributed by atoms with van der Waals surface area (Å²) in [7, 11) is 0. The average Bonchev–Trinajstić information content (AvgIpc) is 2.39. The van der Waals surface area contributed by atoms with Crippen molar-refractivity contribution >= 4 is 11.8 Å². The highest BCUT2D eigenvalue weighted by Gasteiger charge is 2.27. The Balaban J connectivity index is 2.86. The Bertz CT molecular complexity index is 351. The average molecular weight is 266 g/mol. The van der Waals surface area contributed by atoms with E-state index in [1.807, 2.05) is 0 Å². The van der Waals surface area contributed by atoms with Crippen LogP contribution in [0.2, 0.25) is 0 Å². The highest BCUT2D eigenvalue weighted by molar-refractivity contribution is 7.98. The Morgan fingerprint density at radius 1 is 1.11 bits per heavy atom. The molecule has 0 radical (unpaired) electrons. The molecule has 2 heteroatoms. The molecule has 0 amide bonds. The number of thioether (sulfide) groups is 1. The van der Waals surface area contributed by atoms with Gasteiger partial charge >= 0.3 is 0 Å². The second-order valence-electron chi connectivity index (χ2n) is 4.97. The quantitative estimate of drug-likeness (QED) is 0.529. The van der Waals surface area contributed by atoms with Gasteiger partial charge < -0.3 is 5.11 Å². The lowest BCUT2D eigenvalue weighted by Gasteiger charge is -2.29. The van der Waals surface area contributed by atoms with E-state index in [1.54, 1.807) is 11.8 Å². The van der Waals surface area contributed by atoms with Gasteiger partial charge in [0.2, 0.25) is 0 Å². The molecule has 0 fully saturated rings. The van der Waals surface area contributed by atoms with Crippen LogP contribution in [0.25, 0.3) is 0 Å². The third kappa shape index (κ3) is 4.33. The van der Waals surface area contributed by atoms with Crippen molar-refractivity contribution in [2.45, 2.75) is 62.9 Å². The summed E-state index contributed by atoms with van der Waals surface area (Å²) in [4.78, 5) is 1.23. The molecule has 1 aromatic carbocycles. The molecule has 0 aliphatic heterocycles. The van der Waals surface area contributed by atoms with E-state index in [2.05, 4.69) is 44.4 Å². The van der Waals surface area contributed by atoms with E-state index in [0.29, 0.717) is 0 Å². The van der Waals surface area contributed by atoms with Crippen LogP contribution in [-0.4, -0.2) is 11.4 Å². The first-order valence-electron chi connectivity index (χ1n) is 7.03. The van der Waals surface area contributed by atoms with Crippen molar-refractivity contribution in [3.05, 3.63) is 29.8 Å². The Morgan fingerprint density at radius 2 is 1.89 bits per heavy atom. The lowest BCUT2D eigenvalue weighted by Crippen LogP contribution is -2.25. The molecular formula is C16H26OS. The van der Waals surface area contributed by atoms with Crippen LogP contribution < -0.4 is 0 Å². The second kappa shape index (κ2) is 7.85. The van der Waals surface area contributed by atoms with Crippen molar-refractivity contribution in [3.8, 4) is 0 Å². The zero-order valence-corrected chi connectivity index (χ0v) is 12.7. The van der Waals surface area contributed by atoms with Gasteiger partial charge in [-0.25, -0.2) is 0 Å². The van der Waals surface area contributed by atoms with Crippen LogP contribution in [0.4, 0.5) is 0 Å². The minimum atomic E-state index is -0.629. The number of benzene rings is 1. The van der Waals surface area contributed by atoms with Crippen molar-refractivity contribution in [3.63, 3.8) is 0 Å². The molecule has 0 aliphatic rings. The molecule has 0 aromatic heterocycles. The lowest BCUT2D eigenvalue weighted by atomic mass is 9.84. The minimum absolute atomic E-state index is 0.629. The van der Waals surface area contributed by atoms with Crippen molar-refractivity contribution in [1.29, 1.82) is 0 Å². The van der Waals surface area contributed by atoms with Gasteiger partial charge in [-0.3, -0.25) is 0 Å². The fraction of sp³-hybridized carbons (Fsp3) is 0.625. The van der Waals surface area contributed by atoms with Crippen LogP contribution in [0, 0.1) is 0 Å². The summed E-state index contributed by atoms with van der Waals surface area (Å²) in [6.07, 6.45) is 8.35. The summed E-state index contributed by atoms with van der Waals surface area (Å²) in [5.74, 6) is 0. The third-order valence-corrected chi connectivity index (χ3v) is 4.19. The summed E-state index contributed by atoms with van der Waals surface area (Å²) in [6.45, 7) is 4.34. The molecule has 1 rings (SSSR count). The maximum atomic E-state index is 10.9. The van der Waals surface area contributed by atoms with Crippen LogP contribution in [0.5, 0.6) is 0 Å². The van der Waals surface area contributed by atoms with Crippen molar-refractivity contribution in [2.75, 3.05) is 6.26 Å². The predicted molar refractivity (Wildman–Crippen MR) is 81.2 cm³/mol. The molecule has 0 saturated carbocycles. The topological polar surface area (TPSA) is 20.2 Å². The third-order valence-electron chi connectivity index (χ3n) is 3.46. The first-order valence-corrected chi connectivity index (χ1v) is 8.25. The van der Waals surface area contributed by atoms with Gasteiger partial charge in [0, 0.05) is 4.90 Å². The number of unbranched alkanes of at least 4 members (excludes halogenated alkanes) is 2. The fourth-order valence-corrected chi connectivity index (χ4v) is 2.87. The van der Waals surface area contributed by atoms with Crippen LogP contribution in [-0.2, 0) is 5.60 Å². The van der Waals surface area contributed by atoms with Gasteiger partial charge in [0.15, 0.2) is 0 Å². The summed E-state index contributed by atoms with van der Waals surface area (Å²) in [5, 5.41) is 10.9. The SMILES string of the molecule is CCCCCC(O)(CCC)c1cccc(SC)c1. The second-order valence-corrected chi connectivity index (χ2v) is 5.85.